The lowest BCUT2D eigenvalue weighted by Crippen LogP contribution is -2.46. The van der Waals surface area contributed by atoms with Crippen LogP contribution in [0.2, 0.25) is 5.02 Å². The number of carboxylic acids is 1. The molecule has 0 saturated carbocycles. The van der Waals surface area contributed by atoms with E-state index in [1.807, 2.05) is 24.3 Å². The Balaban J connectivity index is 1.59. The third-order valence-electron chi connectivity index (χ3n) is 5.35. The summed E-state index contributed by atoms with van der Waals surface area (Å²) in [5, 5.41) is 10.1. The number of benzene rings is 3. The second-order valence-electron chi connectivity index (χ2n) is 7.41. The number of rotatable bonds is 6. The van der Waals surface area contributed by atoms with Crippen LogP contribution in [0.25, 0.3) is 0 Å². The van der Waals surface area contributed by atoms with Gasteiger partial charge in [-0.05, 0) is 54.6 Å². The molecule has 1 saturated heterocycles. The largest absolute Gasteiger partial charge is 0.478 e. The van der Waals surface area contributed by atoms with Crippen molar-refractivity contribution >= 4 is 44.7 Å². The van der Waals surface area contributed by atoms with Crippen molar-refractivity contribution in [2.75, 3.05) is 40.7 Å². The first-order chi connectivity index (χ1) is 15.3. The summed E-state index contributed by atoms with van der Waals surface area (Å²) >= 11 is 5.98. The van der Waals surface area contributed by atoms with E-state index in [0.717, 1.165) is 18.8 Å². The molecular weight excluding hydrogens is 450 g/mol. The Morgan fingerprint density at radius 3 is 2.12 bits per heavy atom. The van der Waals surface area contributed by atoms with Crippen molar-refractivity contribution in [2.45, 2.75) is 4.90 Å². The van der Waals surface area contributed by atoms with Crippen LogP contribution >= 0.6 is 11.6 Å². The van der Waals surface area contributed by atoms with Gasteiger partial charge in [-0.1, -0.05) is 29.8 Å². The van der Waals surface area contributed by atoms with Crippen LogP contribution in [0, 0.1) is 0 Å². The number of hydrogen-bond donors (Lipinski definition) is 2. The van der Waals surface area contributed by atoms with Gasteiger partial charge in [0, 0.05) is 36.9 Å². The highest BCUT2D eigenvalue weighted by Crippen LogP contribution is 2.31. The number of anilines is 3. The average molecular weight is 472 g/mol. The molecular formula is C23H22ClN3O4S. The Bertz CT molecular complexity index is 1210. The monoisotopic (exact) mass is 471 g/mol. The van der Waals surface area contributed by atoms with Gasteiger partial charge in [0.2, 0.25) is 0 Å². The molecule has 3 aromatic rings. The standard InChI is InChI=1S/C23H22ClN3O4S/c24-18-7-9-19(10-8-18)26-12-14-27(15-13-26)22-11-6-17(23(28)29)16-21(22)25-32(30,31)20-4-2-1-3-5-20/h1-11,16,25H,12-15H2,(H,28,29). The fraction of sp³-hybridized carbons (Fsp3) is 0.174. The molecule has 3 aromatic carbocycles. The number of carboxylic acid groups (broad SMARTS) is 1. The number of hydrogen-bond acceptors (Lipinski definition) is 5. The van der Waals surface area contributed by atoms with E-state index >= 15 is 0 Å². The minimum atomic E-state index is -3.87. The fourth-order valence-electron chi connectivity index (χ4n) is 3.69. The second kappa shape index (κ2) is 9.10. The van der Waals surface area contributed by atoms with Crippen LogP contribution in [-0.2, 0) is 10.0 Å². The summed E-state index contributed by atoms with van der Waals surface area (Å²) in [4.78, 5) is 15.9. The van der Waals surface area contributed by atoms with E-state index in [1.165, 1.54) is 24.3 Å². The lowest BCUT2D eigenvalue weighted by atomic mass is 10.1. The van der Waals surface area contributed by atoms with Gasteiger partial charge in [0.1, 0.15) is 0 Å². The quantitative estimate of drug-likeness (QED) is 0.561. The van der Waals surface area contributed by atoms with Crippen LogP contribution in [0.15, 0.2) is 77.7 Å². The lowest BCUT2D eigenvalue weighted by Gasteiger charge is -2.38. The summed E-state index contributed by atoms with van der Waals surface area (Å²) in [6.07, 6.45) is 0. The predicted octanol–water partition coefficient (Wildman–Crippen LogP) is 4.17. The molecule has 1 fully saturated rings. The maximum Gasteiger partial charge on any atom is 0.335 e. The molecule has 0 bridgehead atoms. The Kier molecular flexibility index (Phi) is 6.25. The maximum absolute atomic E-state index is 12.9. The number of nitrogens with zero attached hydrogens (tertiary/aromatic N) is 2. The first-order valence-corrected chi connectivity index (χ1v) is 11.9. The summed E-state index contributed by atoms with van der Waals surface area (Å²) in [6.45, 7) is 2.75. The minimum Gasteiger partial charge on any atom is -0.478 e. The van der Waals surface area contributed by atoms with E-state index in [1.54, 1.807) is 24.3 Å². The summed E-state index contributed by atoms with van der Waals surface area (Å²) in [5.74, 6) is -1.12. The molecule has 0 spiro atoms. The maximum atomic E-state index is 12.9. The van der Waals surface area contributed by atoms with E-state index in [-0.39, 0.29) is 16.1 Å². The molecule has 2 N–H and O–H groups in total. The first-order valence-electron chi connectivity index (χ1n) is 10.0. The smallest absolute Gasteiger partial charge is 0.335 e. The molecule has 0 unspecified atom stereocenters. The molecule has 0 amide bonds. The van der Waals surface area contributed by atoms with Crippen molar-refractivity contribution in [3.8, 4) is 0 Å². The summed E-state index contributed by atoms with van der Waals surface area (Å²) < 4.78 is 28.4. The van der Waals surface area contributed by atoms with Gasteiger partial charge in [0.05, 0.1) is 21.8 Å². The lowest BCUT2D eigenvalue weighted by molar-refractivity contribution is 0.0697. The Hall–Kier alpha value is -3.23. The normalized spacial score (nSPS) is 14.3. The molecule has 1 heterocycles. The third kappa shape index (κ3) is 4.81. The molecule has 1 aliphatic rings. The van der Waals surface area contributed by atoms with E-state index in [9.17, 15) is 18.3 Å². The predicted molar refractivity (Wildman–Crippen MR) is 127 cm³/mol. The second-order valence-corrected chi connectivity index (χ2v) is 9.52. The van der Waals surface area contributed by atoms with Crippen molar-refractivity contribution < 1.29 is 18.3 Å². The van der Waals surface area contributed by atoms with E-state index in [2.05, 4.69) is 14.5 Å². The highest BCUT2D eigenvalue weighted by atomic mass is 35.5. The number of piperazine rings is 1. The summed E-state index contributed by atoms with van der Waals surface area (Å²) in [7, 11) is -3.87. The molecule has 0 aromatic heterocycles. The van der Waals surface area contributed by atoms with Gasteiger partial charge in [0.25, 0.3) is 10.0 Å². The molecule has 0 atom stereocenters. The molecule has 4 rings (SSSR count). The number of aromatic carboxylic acids is 1. The van der Waals surface area contributed by atoms with Crippen LogP contribution in [0.5, 0.6) is 0 Å². The van der Waals surface area contributed by atoms with Crippen molar-refractivity contribution in [2.24, 2.45) is 0 Å². The first kappa shape index (κ1) is 22.0. The van der Waals surface area contributed by atoms with Crippen molar-refractivity contribution in [1.29, 1.82) is 0 Å². The average Bonchev–Trinajstić information content (AvgIpc) is 2.80. The van der Waals surface area contributed by atoms with Crippen LogP contribution in [-0.4, -0.2) is 45.7 Å². The van der Waals surface area contributed by atoms with Crippen LogP contribution in [0.1, 0.15) is 10.4 Å². The Morgan fingerprint density at radius 1 is 0.875 bits per heavy atom. The van der Waals surface area contributed by atoms with E-state index < -0.39 is 16.0 Å². The number of sulfonamides is 1. The van der Waals surface area contributed by atoms with E-state index in [4.69, 9.17) is 11.6 Å². The van der Waals surface area contributed by atoms with Gasteiger partial charge in [-0.25, -0.2) is 13.2 Å². The Labute approximate surface area is 191 Å². The summed E-state index contributed by atoms with van der Waals surface area (Å²) in [6, 6.07) is 20.2. The fourth-order valence-corrected chi connectivity index (χ4v) is 4.90. The van der Waals surface area contributed by atoms with Gasteiger partial charge in [-0.2, -0.15) is 0 Å². The topological polar surface area (TPSA) is 89.9 Å². The molecule has 32 heavy (non-hydrogen) atoms. The molecule has 166 valence electrons. The number of carbonyl (C=O) groups is 1. The number of nitrogens with one attached hydrogen (secondary N) is 1. The highest BCUT2D eigenvalue weighted by Gasteiger charge is 2.23. The van der Waals surface area contributed by atoms with Gasteiger partial charge in [0.15, 0.2) is 0 Å². The van der Waals surface area contributed by atoms with Crippen molar-refractivity contribution in [3.63, 3.8) is 0 Å². The zero-order valence-corrected chi connectivity index (χ0v) is 18.7. The summed E-state index contributed by atoms with van der Waals surface area (Å²) in [5.41, 5.74) is 1.97. The highest BCUT2D eigenvalue weighted by molar-refractivity contribution is 7.92. The number of halogens is 1. The molecule has 0 radical (unpaired) electrons. The van der Waals surface area contributed by atoms with Crippen LogP contribution < -0.4 is 14.5 Å². The van der Waals surface area contributed by atoms with Gasteiger partial charge < -0.3 is 14.9 Å². The molecule has 9 heteroatoms. The van der Waals surface area contributed by atoms with E-state index in [0.29, 0.717) is 23.8 Å². The van der Waals surface area contributed by atoms with Gasteiger partial charge in [-0.15, -0.1) is 0 Å². The zero-order valence-electron chi connectivity index (χ0n) is 17.1. The third-order valence-corrected chi connectivity index (χ3v) is 6.99. The molecule has 0 aliphatic carbocycles. The Morgan fingerprint density at radius 2 is 1.50 bits per heavy atom. The molecule has 1 aliphatic heterocycles. The van der Waals surface area contributed by atoms with Gasteiger partial charge in [-0.3, -0.25) is 4.72 Å². The van der Waals surface area contributed by atoms with Crippen LogP contribution in [0.4, 0.5) is 17.1 Å². The van der Waals surface area contributed by atoms with Crippen LogP contribution in [0.3, 0.4) is 0 Å². The van der Waals surface area contributed by atoms with Crippen molar-refractivity contribution in [1.82, 2.24) is 0 Å². The zero-order chi connectivity index (χ0) is 22.7. The minimum absolute atomic E-state index is 0.0133. The molecule has 7 nitrogen and oxygen atoms in total. The van der Waals surface area contributed by atoms with Gasteiger partial charge >= 0.3 is 5.97 Å². The SMILES string of the molecule is O=C(O)c1ccc(N2CCN(c3ccc(Cl)cc3)CC2)c(NS(=O)(=O)c2ccccc2)c1. The van der Waals surface area contributed by atoms with Crippen molar-refractivity contribution in [3.05, 3.63) is 83.4 Å².